The maximum absolute atomic E-state index is 13.1. The summed E-state index contributed by atoms with van der Waals surface area (Å²) in [6.45, 7) is -0.178. The lowest BCUT2D eigenvalue weighted by Gasteiger charge is -2.35. The Kier molecular flexibility index (Phi) is 6.18. The highest BCUT2D eigenvalue weighted by molar-refractivity contribution is 6.30. The van der Waals surface area contributed by atoms with Crippen LogP contribution in [0.25, 0.3) is 0 Å². The summed E-state index contributed by atoms with van der Waals surface area (Å²) >= 11 is 6.05. The zero-order chi connectivity index (χ0) is 21.1. The first-order valence-corrected chi connectivity index (χ1v) is 9.73. The molecule has 1 amide bonds. The zero-order valence-electron chi connectivity index (χ0n) is 15.6. The van der Waals surface area contributed by atoms with Gasteiger partial charge in [-0.3, -0.25) is 4.79 Å². The van der Waals surface area contributed by atoms with Gasteiger partial charge in [-0.05, 0) is 55.0 Å². The smallest absolute Gasteiger partial charge is 0.352 e. The first-order chi connectivity index (χ1) is 13.7. The molecule has 0 heterocycles. The largest absolute Gasteiger partial charge is 0.416 e. The number of nitriles is 1. The third-order valence-electron chi connectivity index (χ3n) is 5.58. The fourth-order valence-corrected chi connectivity index (χ4v) is 4.09. The van der Waals surface area contributed by atoms with Crippen molar-refractivity contribution in [3.05, 3.63) is 70.2 Å². The summed E-state index contributed by atoms with van der Waals surface area (Å²) in [7, 11) is 0. The highest BCUT2D eigenvalue weighted by Crippen LogP contribution is 2.42. The molecule has 2 aromatic rings. The van der Waals surface area contributed by atoms with Gasteiger partial charge in [0, 0.05) is 17.5 Å². The van der Waals surface area contributed by atoms with Gasteiger partial charge in [0.2, 0.25) is 5.91 Å². The molecule has 1 aliphatic carbocycles. The second kappa shape index (κ2) is 8.46. The van der Waals surface area contributed by atoms with Gasteiger partial charge in [0.15, 0.2) is 0 Å². The third kappa shape index (κ3) is 4.73. The predicted octanol–water partition coefficient (Wildman–Crippen LogP) is 5.63. The van der Waals surface area contributed by atoms with E-state index in [-0.39, 0.29) is 23.9 Å². The monoisotopic (exact) mass is 420 g/mol. The summed E-state index contributed by atoms with van der Waals surface area (Å²) in [5, 5.41) is 13.0. The minimum absolute atomic E-state index is 0.0365. The third-order valence-corrected chi connectivity index (χ3v) is 5.81. The number of hydrogen-bond acceptors (Lipinski definition) is 2. The molecule has 29 heavy (non-hydrogen) atoms. The molecule has 1 saturated carbocycles. The van der Waals surface area contributed by atoms with Crippen LogP contribution < -0.4 is 5.32 Å². The molecule has 1 aliphatic rings. The molecule has 1 N–H and O–H groups in total. The number of nitrogens with one attached hydrogen (secondary N) is 1. The van der Waals surface area contributed by atoms with Crippen molar-refractivity contribution in [3.8, 4) is 6.07 Å². The SMILES string of the molecule is N#C[C@]1(c2cccc(Cl)c2)CC[C@H](C(=O)NCc2ccccc2C(F)(F)F)CC1. The van der Waals surface area contributed by atoms with Crippen LogP contribution in [0.15, 0.2) is 48.5 Å². The summed E-state index contributed by atoms with van der Waals surface area (Å²) in [6.07, 6.45) is -2.47. The molecule has 0 aromatic heterocycles. The number of carbonyl (C=O) groups is 1. The van der Waals surface area contributed by atoms with Crippen LogP contribution >= 0.6 is 11.6 Å². The van der Waals surface area contributed by atoms with E-state index in [0.29, 0.717) is 30.7 Å². The molecule has 3 nitrogen and oxygen atoms in total. The van der Waals surface area contributed by atoms with E-state index in [1.165, 1.54) is 18.2 Å². The van der Waals surface area contributed by atoms with Crippen molar-refractivity contribution in [1.82, 2.24) is 5.32 Å². The van der Waals surface area contributed by atoms with Crippen molar-refractivity contribution >= 4 is 17.5 Å². The molecule has 7 heteroatoms. The van der Waals surface area contributed by atoms with E-state index in [9.17, 15) is 23.2 Å². The molecule has 1 fully saturated rings. The Morgan fingerprint density at radius 1 is 1.17 bits per heavy atom. The first-order valence-electron chi connectivity index (χ1n) is 9.35. The van der Waals surface area contributed by atoms with Crippen LogP contribution in [-0.4, -0.2) is 5.91 Å². The van der Waals surface area contributed by atoms with Gasteiger partial charge in [-0.25, -0.2) is 0 Å². The fourth-order valence-electron chi connectivity index (χ4n) is 3.90. The van der Waals surface area contributed by atoms with E-state index in [4.69, 9.17) is 11.6 Å². The molecule has 0 aliphatic heterocycles. The van der Waals surface area contributed by atoms with Crippen molar-refractivity contribution in [3.63, 3.8) is 0 Å². The molecule has 0 unspecified atom stereocenters. The summed E-state index contributed by atoms with van der Waals surface area (Å²) in [5.41, 5.74) is -0.557. The quantitative estimate of drug-likeness (QED) is 0.697. The topological polar surface area (TPSA) is 52.9 Å². The Labute approximate surface area is 172 Å². The van der Waals surface area contributed by atoms with Gasteiger partial charge in [0.25, 0.3) is 0 Å². The molecular formula is C22H20ClF3N2O. The molecule has 152 valence electrons. The first kappa shape index (κ1) is 21.2. The van der Waals surface area contributed by atoms with Gasteiger partial charge in [-0.15, -0.1) is 0 Å². The number of amides is 1. The minimum atomic E-state index is -4.46. The molecular weight excluding hydrogens is 401 g/mol. The lowest BCUT2D eigenvalue weighted by Crippen LogP contribution is -2.37. The Balaban J connectivity index is 1.63. The fraction of sp³-hybridized carbons (Fsp3) is 0.364. The number of halogens is 4. The molecule has 2 aromatic carbocycles. The van der Waals surface area contributed by atoms with Gasteiger partial charge in [0.1, 0.15) is 0 Å². The number of rotatable bonds is 4. The predicted molar refractivity (Wildman–Crippen MR) is 104 cm³/mol. The number of nitrogens with zero attached hydrogens (tertiary/aromatic N) is 1. The van der Waals surface area contributed by atoms with Crippen LogP contribution in [0.3, 0.4) is 0 Å². The van der Waals surface area contributed by atoms with Crippen LogP contribution in [-0.2, 0) is 22.9 Å². The standard InChI is InChI=1S/C22H20ClF3N2O/c23-18-6-3-5-17(12-18)21(14-27)10-8-15(9-11-21)20(29)28-13-16-4-1-2-7-19(16)22(24,25)26/h1-7,12,15H,8-11,13H2,(H,28,29)/t15-,21-. The Morgan fingerprint density at radius 3 is 2.48 bits per heavy atom. The van der Waals surface area contributed by atoms with Crippen molar-refractivity contribution in [2.24, 2.45) is 5.92 Å². The maximum Gasteiger partial charge on any atom is 0.416 e. The Morgan fingerprint density at radius 2 is 1.86 bits per heavy atom. The average Bonchev–Trinajstić information content (AvgIpc) is 2.71. The zero-order valence-corrected chi connectivity index (χ0v) is 16.4. The van der Waals surface area contributed by atoms with Crippen LogP contribution in [0, 0.1) is 17.2 Å². The van der Waals surface area contributed by atoms with Crippen LogP contribution in [0.2, 0.25) is 5.02 Å². The molecule has 0 atom stereocenters. The second-order valence-corrected chi connectivity index (χ2v) is 7.79. The van der Waals surface area contributed by atoms with Gasteiger partial charge >= 0.3 is 6.18 Å². The van der Waals surface area contributed by atoms with Gasteiger partial charge < -0.3 is 5.32 Å². The van der Waals surface area contributed by atoms with Crippen LogP contribution in [0.4, 0.5) is 13.2 Å². The van der Waals surface area contributed by atoms with Crippen LogP contribution in [0.1, 0.15) is 42.4 Å². The molecule has 0 spiro atoms. The summed E-state index contributed by atoms with van der Waals surface area (Å²) in [6, 6.07) is 14.8. The summed E-state index contributed by atoms with van der Waals surface area (Å²) < 4.78 is 39.3. The lowest BCUT2D eigenvalue weighted by molar-refractivity contribution is -0.138. The van der Waals surface area contributed by atoms with Crippen LogP contribution in [0.5, 0.6) is 0 Å². The van der Waals surface area contributed by atoms with Gasteiger partial charge in [0.05, 0.1) is 17.0 Å². The average molecular weight is 421 g/mol. The number of benzene rings is 2. The second-order valence-electron chi connectivity index (χ2n) is 7.35. The summed E-state index contributed by atoms with van der Waals surface area (Å²) in [4.78, 5) is 12.5. The normalized spacial score (nSPS) is 22.0. The lowest BCUT2D eigenvalue weighted by atomic mass is 9.67. The molecule has 0 radical (unpaired) electrons. The Bertz CT molecular complexity index is 928. The van der Waals surface area contributed by atoms with E-state index in [2.05, 4.69) is 11.4 Å². The number of carbonyl (C=O) groups excluding carboxylic acids is 1. The van der Waals surface area contributed by atoms with Crippen molar-refractivity contribution in [2.45, 2.75) is 43.8 Å². The highest BCUT2D eigenvalue weighted by atomic mass is 35.5. The molecule has 0 bridgehead atoms. The van der Waals surface area contributed by atoms with Crippen molar-refractivity contribution in [2.75, 3.05) is 0 Å². The minimum Gasteiger partial charge on any atom is -0.352 e. The highest BCUT2D eigenvalue weighted by Gasteiger charge is 2.39. The van der Waals surface area contributed by atoms with Crippen molar-refractivity contribution < 1.29 is 18.0 Å². The number of hydrogen-bond donors (Lipinski definition) is 1. The Hall–Kier alpha value is -2.52. The summed E-state index contributed by atoms with van der Waals surface area (Å²) in [5.74, 6) is -0.603. The van der Waals surface area contributed by atoms with Gasteiger partial charge in [-0.1, -0.05) is 41.9 Å². The van der Waals surface area contributed by atoms with E-state index in [0.717, 1.165) is 11.6 Å². The molecule has 0 saturated heterocycles. The number of alkyl halides is 3. The maximum atomic E-state index is 13.1. The van der Waals surface area contributed by atoms with E-state index < -0.39 is 17.2 Å². The van der Waals surface area contributed by atoms with E-state index >= 15 is 0 Å². The van der Waals surface area contributed by atoms with E-state index in [1.54, 1.807) is 18.2 Å². The van der Waals surface area contributed by atoms with Crippen molar-refractivity contribution in [1.29, 1.82) is 5.26 Å². The van der Waals surface area contributed by atoms with E-state index in [1.807, 2.05) is 6.07 Å². The molecule has 3 rings (SSSR count). The van der Waals surface area contributed by atoms with Gasteiger partial charge in [-0.2, -0.15) is 18.4 Å².